The van der Waals surface area contributed by atoms with Gasteiger partial charge in [0, 0.05) is 18.4 Å². The van der Waals surface area contributed by atoms with Crippen LogP contribution in [0, 0.1) is 0 Å². The smallest absolute Gasteiger partial charge is 0.146 e. The number of ether oxygens (including phenoxy) is 1. The van der Waals surface area contributed by atoms with Crippen molar-refractivity contribution in [1.29, 1.82) is 0 Å². The van der Waals surface area contributed by atoms with Crippen molar-refractivity contribution < 1.29 is 9.53 Å². The van der Waals surface area contributed by atoms with Gasteiger partial charge in [0.1, 0.15) is 12.0 Å². The van der Waals surface area contributed by atoms with Gasteiger partial charge in [0.15, 0.2) is 0 Å². The van der Waals surface area contributed by atoms with E-state index >= 15 is 0 Å². The molecule has 0 saturated heterocycles. The largest absolute Gasteiger partial charge is 0.496 e. The van der Waals surface area contributed by atoms with Crippen molar-refractivity contribution in [2.24, 2.45) is 0 Å². The zero-order valence-corrected chi connectivity index (χ0v) is 7.96. The molecule has 14 heavy (non-hydrogen) atoms. The van der Waals surface area contributed by atoms with Gasteiger partial charge < -0.3 is 4.74 Å². The molecule has 0 spiro atoms. The van der Waals surface area contributed by atoms with E-state index in [1.54, 1.807) is 7.11 Å². The molecule has 0 aliphatic heterocycles. The van der Waals surface area contributed by atoms with Crippen molar-refractivity contribution >= 4 is 6.29 Å². The molecular weight excluding hydrogens is 176 g/mol. The van der Waals surface area contributed by atoms with Gasteiger partial charge in [-0.05, 0) is 34.4 Å². The molecule has 3 aliphatic rings. The summed E-state index contributed by atoms with van der Waals surface area (Å²) >= 11 is 0. The SMILES string of the molecule is COC1=C2CC(=C1)C1=C2C=C(C=O)C1. The quantitative estimate of drug-likeness (QED) is 0.617. The fourth-order valence-corrected chi connectivity index (χ4v) is 2.43. The van der Waals surface area contributed by atoms with Gasteiger partial charge in [0.2, 0.25) is 0 Å². The third-order valence-corrected chi connectivity index (χ3v) is 3.09. The van der Waals surface area contributed by atoms with Crippen molar-refractivity contribution in [3.05, 3.63) is 45.8 Å². The standard InChI is InChI=1S/C12H10O2/c1-14-12-5-8-4-11(12)10-3-7(6-13)2-9(8)10/h3,5-6H,2,4H2,1H3. The molecule has 2 heteroatoms. The van der Waals surface area contributed by atoms with E-state index in [0.29, 0.717) is 0 Å². The average Bonchev–Trinajstić information content (AvgIpc) is 2.87. The molecule has 0 aromatic rings. The zero-order valence-electron chi connectivity index (χ0n) is 7.96. The highest BCUT2D eigenvalue weighted by Gasteiger charge is 2.34. The van der Waals surface area contributed by atoms with E-state index in [2.05, 4.69) is 6.08 Å². The van der Waals surface area contributed by atoms with Crippen molar-refractivity contribution in [2.45, 2.75) is 12.8 Å². The van der Waals surface area contributed by atoms with E-state index in [1.807, 2.05) is 6.08 Å². The third-order valence-electron chi connectivity index (χ3n) is 3.09. The van der Waals surface area contributed by atoms with Gasteiger partial charge in [-0.2, -0.15) is 0 Å². The highest BCUT2D eigenvalue weighted by molar-refractivity contribution is 5.83. The molecule has 0 aromatic carbocycles. The van der Waals surface area contributed by atoms with Crippen LogP contribution in [0.2, 0.25) is 0 Å². The Hall–Kier alpha value is -1.57. The van der Waals surface area contributed by atoms with Crippen LogP contribution < -0.4 is 0 Å². The molecule has 0 atom stereocenters. The summed E-state index contributed by atoms with van der Waals surface area (Å²) in [6.07, 6.45) is 6.85. The number of hydrogen-bond acceptors (Lipinski definition) is 2. The van der Waals surface area contributed by atoms with Crippen LogP contribution in [0.3, 0.4) is 0 Å². The van der Waals surface area contributed by atoms with Crippen LogP contribution in [-0.4, -0.2) is 13.4 Å². The van der Waals surface area contributed by atoms with E-state index in [9.17, 15) is 4.79 Å². The first kappa shape index (κ1) is 7.80. The maximum atomic E-state index is 10.7. The lowest BCUT2D eigenvalue weighted by Gasteiger charge is -2.06. The number of carbonyl (C=O) groups is 1. The Morgan fingerprint density at radius 3 is 2.86 bits per heavy atom. The van der Waals surface area contributed by atoms with Gasteiger partial charge in [0.25, 0.3) is 0 Å². The van der Waals surface area contributed by atoms with Crippen molar-refractivity contribution in [3.63, 3.8) is 0 Å². The molecule has 2 bridgehead atoms. The number of aldehydes is 1. The molecule has 2 nitrogen and oxygen atoms in total. The second kappa shape index (κ2) is 2.47. The van der Waals surface area contributed by atoms with Crippen molar-refractivity contribution in [2.75, 3.05) is 7.11 Å². The summed E-state index contributed by atoms with van der Waals surface area (Å²) in [6.45, 7) is 0. The van der Waals surface area contributed by atoms with Crippen LogP contribution in [-0.2, 0) is 9.53 Å². The van der Waals surface area contributed by atoms with Gasteiger partial charge in [0.05, 0.1) is 7.11 Å². The molecule has 0 N–H and O–H groups in total. The Kier molecular flexibility index (Phi) is 1.38. The highest BCUT2D eigenvalue weighted by Crippen LogP contribution is 2.49. The van der Waals surface area contributed by atoms with E-state index in [1.165, 1.54) is 22.3 Å². The maximum absolute atomic E-state index is 10.7. The predicted molar refractivity (Wildman–Crippen MR) is 52.5 cm³/mol. The van der Waals surface area contributed by atoms with E-state index in [-0.39, 0.29) is 0 Å². The summed E-state index contributed by atoms with van der Waals surface area (Å²) in [7, 11) is 1.69. The molecule has 0 radical (unpaired) electrons. The van der Waals surface area contributed by atoms with Gasteiger partial charge in [-0.3, -0.25) is 4.79 Å². The minimum atomic E-state index is 0.811. The molecule has 0 aromatic heterocycles. The van der Waals surface area contributed by atoms with Crippen LogP contribution in [0.25, 0.3) is 0 Å². The summed E-state index contributed by atoms with van der Waals surface area (Å²) in [6, 6.07) is 0. The molecule has 3 rings (SSSR count). The van der Waals surface area contributed by atoms with Crippen LogP contribution >= 0.6 is 0 Å². The lowest BCUT2D eigenvalue weighted by atomic mass is 10.0. The predicted octanol–water partition coefficient (Wildman–Crippen LogP) is 2.06. The lowest BCUT2D eigenvalue weighted by molar-refractivity contribution is -0.104. The Bertz CT molecular complexity index is 459. The van der Waals surface area contributed by atoms with Crippen LogP contribution in [0.1, 0.15) is 12.8 Å². The molecule has 70 valence electrons. The maximum Gasteiger partial charge on any atom is 0.146 e. The Balaban J connectivity index is 2.10. The van der Waals surface area contributed by atoms with E-state index in [4.69, 9.17) is 4.74 Å². The molecule has 0 saturated carbocycles. The average molecular weight is 186 g/mol. The summed E-state index contributed by atoms with van der Waals surface area (Å²) in [4.78, 5) is 10.7. The van der Waals surface area contributed by atoms with E-state index in [0.717, 1.165) is 30.5 Å². The molecule has 0 amide bonds. The lowest BCUT2D eigenvalue weighted by Crippen LogP contribution is -1.90. The Labute approximate surface area is 82.3 Å². The number of methoxy groups -OCH3 is 1. The first-order chi connectivity index (χ1) is 6.83. The van der Waals surface area contributed by atoms with Crippen molar-refractivity contribution in [3.8, 4) is 0 Å². The first-order valence-corrected chi connectivity index (χ1v) is 4.71. The van der Waals surface area contributed by atoms with Gasteiger partial charge in [-0.25, -0.2) is 0 Å². The zero-order chi connectivity index (χ0) is 9.71. The van der Waals surface area contributed by atoms with Gasteiger partial charge in [-0.1, -0.05) is 0 Å². The molecular formula is C12H10O2. The molecule has 0 unspecified atom stereocenters. The fourth-order valence-electron chi connectivity index (χ4n) is 2.43. The molecule has 3 aliphatic carbocycles. The number of fused-ring (bicyclic) bond motifs is 4. The van der Waals surface area contributed by atoms with Crippen LogP contribution in [0.4, 0.5) is 0 Å². The normalized spacial score (nSPS) is 22.6. The number of rotatable bonds is 2. The molecule has 0 fully saturated rings. The van der Waals surface area contributed by atoms with Crippen molar-refractivity contribution in [1.82, 2.24) is 0 Å². The highest BCUT2D eigenvalue weighted by atomic mass is 16.5. The summed E-state index contributed by atoms with van der Waals surface area (Å²) in [5.41, 5.74) is 6.05. The van der Waals surface area contributed by atoms with Crippen LogP contribution in [0.15, 0.2) is 45.8 Å². The monoisotopic (exact) mass is 186 g/mol. The van der Waals surface area contributed by atoms with Gasteiger partial charge in [-0.15, -0.1) is 0 Å². The van der Waals surface area contributed by atoms with Gasteiger partial charge >= 0.3 is 0 Å². The minimum Gasteiger partial charge on any atom is -0.496 e. The van der Waals surface area contributed by atoms with E-state index < -0.39 is 0 Å². The number of allylic oxidation sites excluding steroid dienone is 7. The number of hydrogen-bond donors (Lipinski definition) is 0. The van der Waals surface area contributed by atoms with Crippen LogP contribution in [0.5, 0.6) is 0 Å². The Morgan fingerprint density at radius 1 is 1.29 bits per heavy atom. The minimum absolute atomic E-state index is 0.811. The Morgan fingerprint density at radius 2 is 2.14 bits per heavy atom. The summed E-state index contributed by atoms with van der Waals surface area (Å²) < 4.78 is 5.27. The third kappa shape index (κ3) is 0.782. The number of carbonyl (C=O) groups excluding carboxylic acids is 1. The first-order valence-electron chi connectivity index (χ1n) is 4.71. The topological polar surface area (TPSA) is 26.3 Å². The second-order valence-corrected chi connectivity index (χ2v) is 3.80. The summed E-state index contributed by atoms with van der Waals surface area (Å²) in [5.74, 6) is 0.974. The fraction of sp³-hybridized carbons (Fsp3) is 0.250. The second-order valence-electron chi connectivity index (χ2n) is 3.80. The molecule has 0 heterocycles. The summed E-state index contributed by atoms with van der Waals surface area (Å²) in [5, 5.41) is 0.